The number of phenolic OH excluding ortho intramolecular Hbond substituents is 1. The number of carbonyl (C=O) groups is 1. The lowest BCUT2D eigenvalue weighted by Crippen LogP contribution is -2.19. The number of hydrogen-bond acceptors (Lipinski definition) is 4. The molecule has 0 aliphatic rings. The molecule has 2 heterocycles. The first kappa shape index (κ1) is 21.5. The summed E-state index contributed by atoms with van der Waals surface area (Å²) in [7, 11) is 0. The van der Waals surface area contributed by atoms with Crippen LogP contribution in [0.3, 0.4) is 0 Å². The Morgan fingerprint density at radius 2 is 1.82 bits per heavy atom. The average molecular weight is 453 g/mol. The largest absolute Gasteiger partial charge is 0.508 e. The number of aromatic hydroxyl groups is 1. The van der Waals surface area contributed by atoms with E-state index in [-0.39, 0.29) is 17.7 Å². The fraction of sp³-hybridized carbons (Fsp3) is 0.148. The van der Waals surface area contributed by atoms with Crippen LogP contribution >= 0.6 is 0 Å². The fourth-order valence-corrected chi connectivity index (χ4v) is 4.69. The molecule has 3 aromatic carbocycles. The lowest BCUT2D eigenvalue weighted by molar-refractivity contribution is -0.117. The van der Waals surface area contributed by atoms with Crippen LogP contribution in [0.2, 0.25) is 0 Å². The number of nitrogens with zero attached hydrogens (tertiary/aromatic N) is 2. The van der Waals surface area contributed by atoms with Gasteiger partial charge in [-0.05, 0) is 67.3 Å². The number of nitrogens with two attached hydrogens (primary N) is 1. The summed E-state index contributed by atoms with van der Waals surface area (Å²) >= 11 is 0. The number of primary amides is 1. The summed E-state index contributed by atoms with van der Waals surface area (Å²) in [4.78, 5) is 32.7. The number of aromatic amines is 1. The van der Waals surface area contributed by atoms with Gasteiger partial charge >= 0.3 is 0 Å². The molecular weight excluding hydrogens is 428 g/mol. The van der Waals surface area contributed by atoms with Gasteiger partial charge in [0.1, 0.15) is 12.1 Å². The number of phenols is 1. The number of H-pyrrole nitrogens is 1. The van der Waals surface area contributed by atoms with Crippen molar-refractivity contribution in [3.05, 3.63) is 87.6 Å². The van der Waals surface area contributed by atoms with E-state index in [0.29, 0.717) is 27.7 Å². The highest BCUT2D eigenvalue weighted by Gasteiger charge is 2.21. The summed E-state index contributed by atoms with van der Waals surface area (Å²) < 4.78 is 1.55. The van der Waals surface area contributed by atoms with Crippen molar-refractivity contribution in [2.75, 3.05) is 0 Å². The van der Waals surface area contributed by atoms with Gasteiger partial charge in [0.15, 0.2) is 0 Å². The number of carbonyl (C=O) groups excluding carboxylic acids is 1. The Kier molecular flexibility index (Phi) is 4.97. The molecular formula is C27H24N4O3. The smallest absolute Gasteiger partial charge is 0.265 e. The Bertz CT molecular complexity index is 1680. The summed E-state index contributed by atoms with van der Waals surface area (Å²) in [6, 6.07) is 14.7. The van der Waals surface area contributed by atoms with Crippen molar-refractivity contribution < 1.29 is 9.90 Å². The number of aromatic nitrogens is 3. The third-order valence-corrected chi connectivity index (χ3v) is 6.53. The summed E-state index contributed by atoms with van der Waals surface area (Å²) in [5.41, 5.74) is 12.3. The van der Waals surface area contributed by atoms with Gasteiger partial charge in [0, 0.05) is 16.6 Å². The minimum atomic E-state index is -0.518. The molecule has 0 unspecified atom stereocenters. The van der Waals surface area contributed by atoms with Crippen molar-refractivity contribution in [2.24, 2.45) is 5.73 Å². The SMILES string of the molecule is Cc1[nH]c2c(CC(N)=O)c(O)cc(-c3cccc(-n4cnc5ccccc5c4=O)c3C)c2c1C. The second-order valence-corrected chi connectivity index (χ2v) is 8.58. The monoisotopic (exact) mass is 452 g/mol. The molecule has 7 heteroatoms. The maximum absolute atomic E-state index is 13.2. The number of amides is 1. The highest BCUT2D eigenvalue weighted by molar-refractivity contribution is 6.03. The molecule has 5 aromatic rings. The van der Waals surface area contributed by atoms with Crippen LogP contribution in [-0.4, -0.2) is 25.5 Å². The minimum Gasteiger partial charge on any atom is -0.508 e. The molecule has 5 rings (SSSR count). The second kappa shape index (κ2) is 7.88. The van der Waals surface area contributed by atoms with Crippen LogP contribution in [0.25, 0.3) is 38.6 Å². The summed E-state index contributed by atoms with van der Waals surface area (Å²) in [5, 5.41) is 12.3. The summed E-state index contributed by atoms with van der Waals surface area (Å²) in [6.07, 6.45) is 1.48. The van der Waals surface area contributed by atoms with Crippen molar-refractivity contribution in [1.82, 2.24) is 14.5 Å². The Morgan fingerprint density at radius 1 is 1.06 bits per heavy atom. The van der Waals surface area contributed by atoms with Gasteiger partial charge in [-0.1, -0.05) is 24.3 Å². The molecule has 0 spiro atoms. The Labute approximate surface area is 195 Å². The summed E-state index contributed by atoms with van der Waals surface area (Å²) in [6.45, 7) is 5.90. The van der Waals surface area contributed by atoms with Gasteiger partial charge in [-0.15, -0.1) is 0 Å². The van der Waals surface area contributed by atoms with E-state index in [2.05, 4.69) is 9.97 Å². The first-order valence-corrected chi connectivity index (χ1v) is 11.0. The van der Waals surface area contributed by atoms with Crippen molar-refractivity contribution in [3.63, 3.8) is 0 Å². The number of nitrogens with one attached hydrogen (secondary N) is 1. The zero-order chi connectivity index (χ0) is 24.1. The van der Waals surface area contributed by atoms with Crippen molar-refractivity contribution in [3.8, 4) is 22.6 Å². The number of para-hydroxylation sites is 1. The van der Waals surface area contributed by atoms with Gasteiger partial charge in [0.25, 0.3) is 5.56 Å². The standard InChI is InChI=1S/C27H24N4O3/c1-14-16(3)30-26-20(12-24(28)33)23(32)11-19(25(14)26)17-8-6-10-22(15(17)2)31-13-29-21-9-5-4-7-18(21)27(31)34/h4-11,13,30,32H,12H2,1-3H3,(H2,28,33). The molecule has 7 nitrogen and oxygen atoms in total. The van der Waals surface area contributed by atoms with Crippen molar-refractivity contribution >= 4 is 27.7 Å². The van der Waals surface area contributed by atoms with Gasteiger partial charge in [-0.3, -0.25) is 14.2 Å². The van der Waals surface area contributed by atoms with Crippen LogP contribution in [0.4, 0.5) is 0 Å². The van der Waals surface area contributed by atoms with E-state index in [4.69, 9.17) is 5.73 Å². The lowest BCUT2D eigenvalue weighted by Gasteiger charge is -2.16. The quantitative estimate of drug-likeness (QED) is 0.379. The van der Waals surface area contributed by atoms with Crippen LogP contribution < -0.4 is 11.3 Å². The van der Waals surface area contributed by atoms with Crippen LogP contribution in [0.1, 0.15) is 22.4 Å². The van der Waals surface area contributed by atoms with Gasteiger partial charge < -0.3 is 15.8 Å². The molecule has 0 aliphatic carbocycles. The number of rotatable bonds is 4. The molecule has 170 valence electrons. The van der Waals surface area contributed by atoms with Gasteiger partial charge in [-0.25, -0.2) is 4.98 Å². The van der Waals surface area contributed by atoms with E-state index in [1.54, 1.807) is 23.0 Å². The van der Waals surface area contributed by atoms with Crippen LogP contribution in [0.15, 0.2) is 59.7 Å². The molecule has 1 amide bonds. The maximum atomic E-state index is 13.2. The van der Waals surface area contributed by atoms with Crippen molar-refractivity contribution in [1.29, 1.82) is 0 Å². The number of benzene rings is 3. The topological polar surface area (TPSA) is 114 Å². The lowest BCUT2D eigenvalue weighted by atomic mass is 9.92. The van der Waals surface area contributed by atoms with Crippen molar-refractivity contribution in [2.45, 2.75) is 27.2 Å². The molecule has 2 aromatic heterocycles. The minimum absolute atomic E-state index is 0.00288. The fourth-order valence-electron chi connectivity index (χ4n) is 4.69. The summed E-state index contributed by atoms with van der Waals surface area (Å²) in [5.74, 6) is -0.521. The van der Waals surface area contributed by atoms with E-state index in [0.717, 1.165) is 33.3 Å². The molecule has 0 radical (unpaired) electrons. The maximum Gasteiger partial charge on any atom is 0.265 e. The third kappa shape index (κ3) is 3.25. The molecule has 0 saturated heterocycles. The predicted octanol–water partition coefficient (Wildman–Crippen LogP) is 4.19. The van der Waals surface area contributed by atoms with E-state index in [1.165, 1.54) is 0 Å². The average Bonchev–Trinajstić information content (AvgIpc) is 3.11. The highest BCUT2D eigenvalue weighted by atomic mass is 16.3. The highest BCUT2D eigenvalue weighted by Crippen LogP contribution is 2.41. The molecule has 0 fully saturated rings. The van der Waals surface area contributed by atoms with Crippen LogP contribution in [-0.2, 0) is 11.2 Å². The molecule has 0 saturated carbocycles. The number of hydrogen-bond donors (Lipinski definition) is 3. The Hall–Kier alpha value is -4.39. The van der Waals surface area contributed by atoms with E-state index < -0.39 is 5.91 Å². The third-order valence-electron chi connectivity index (χ3n) is 6.53. The van der Waals surface area contributed by atoms with Gasteiger partial charge in [0.05, 0.1) is 28.5 Å². The molecule has 0 atom stereocenters. The second-order valence-electron chi connectivity index (χ2n) is 8.58. The zero-order valence-electron chi connectivity index (χ0n) is 19.1. The molecule has 4 N–H and O–H groups in total. The van der Waals surface area contributed by atoms with E-state index in [9.17, 15) is 14.7 Å². The molecule has 0 bridgehead atoms. The molecule has 34 heavy (non-hydrogen) atoms. The number of aryl methyl sites for hydroxylation is 2. The van der Waals surface area contributed by atoms with E-state index >= 15 is 0 Å². The Morgan fingerprint density at radius 3 is 2.59 bits per heavy atom. The van der Waals surface area contributed by atoms with Crippen LogP contribution in [0, 0.1) is 20.8 Å². The first-order valence-electron chi connectivity index (χ1n) is 11.0. The van der Waals surface area contributed by atoms with E-state index in [1.807, 2.05) is 57.2 Å². The molecule has 0 aliphatic heterocycles. The van der Waals surface area contributed by atoms with Gasteiger partial charge in [-0.2, -0.15) is 0 Å². The zero-order valence-corrected chi connectivity index (χ0v) is 19.1. The number of fused-ring (bicyclic) bond motifs is 2. The van der Waals surface area contributed by atoms with Crippen LogP contribution in [0.5, 0.6) is 5.75 Å². The normalized spacial score (nSPS) is 11.4. The first-order chi connectivity index (χ1) is 16.3. The van der Waals surface area contributed by atoms with Gasteiger partial charge in [0.2, 0.25) is 5.91 Å². The Balaban J connectivity index is 1.79. The predicted molar refractivity (Wildman–Crippen MR) is 133 cm³/mol.